The first kappa shape index (κ1) is 12.1. The van der Waals surface area contributed by atoms with Crippen LogP contribution in [0.15, 0.2) is 18.5 Å². The van der Waals surface area contributed by atoms with Gasteiger partial charge in [-0.2, -0.15) is 0 Å². The predicted octanol–water partition coefficient (Wildman–Crippen LogP) is 1.64. The fourth-order valence-electron chi connectivity index (χ4n) is 1.46. The minimum Gasteiger partial charge on any atom is -0.396 e. The van der Waals surface area contributed by atoms with Crippen molar-refractivity contribution in [1.82, 2.24) is 10.3 Å². The van der Waals surface area contributed by atoms with Crippen LogP contribution in [0, 0.1) is 6.92 Å². The van der Waals surface area contributed by atoms with Gasteiger partial charge in [0.2, 0.25) is 0 Å². The minimum absolute atomic E-state index is 0.309. The van der Waals surface area contributed by atoms with Crippen molar-refractivity contribution in [3.8, 4) is 0 Å². The highest BCUT2D eigenvalue weighted by molar-refractivity contribution is 5.20. The number of nitrogens with zero attached hydrogens (tertiary/aromatic N) is 1. The van der Waals surface area contributed by atoms with Crippen LogP contribution in [0.1, 0.15) is 30.4 Å². The highest BCUT2D eigenvalue weighted by atomic mass is 16.2. The fraction of sp³-hybridized carbons (Fsp3) is 0.583. The van der Waals surface area contributed by atoms with Crippen LogP contribution in [-0.2, 0) is 6.54 Å². The highest BCUT2D eigenvalue weighted by Crippen LogP contribution is 2.04. The lowest BCUT2D eigenvalue weighted by Crippen LogP contribution is -2.15. The Bertz CT molecular complexity index is 276. The molecule has 0 atom stereocenters. The molecule has 0 aromatic carbocycles. The maximum atomic E-state index is 8.61. The van der Waals surface area contributed by atoms with Crippen molar-refractivity contribution in [2.75, 3.05) is 13.2 Å². The molecule has 0 aliphatic rings. The lowest BCUT2D eigenvalue weighted by Gasteiger charge is -2.06. The third-order valence-corrected chi connectivity index (χ3v) is 2.46. The number of unbranched alkanes of at least 4 members (excludes halogenated alkanes) is 2. The Hall–Kier alpha value is -0.930. The molecule has 84 valence electrons. The molecular weight excluding hydrogens is 188 g/mol. The number of aliphatic hydroxyl groups excluding tert-OH is 1. The maximum Gasteiger partial charge on any atom is 0.0431 e. The van der Waals surface area contributed by atoms with Gasteiger partial charge in [0.25, 0.3) is 0 Å². The fourth-order valence-corrected chi connectivity index (χ4v) is 1.46. The van der Waals surface area contributed by atoms with E-state index in [-0.39, 0.29) is 0 Å². The van der Waals surface area contributed by atoms with E-state index in [1.165, 1.54) is 11.1 Å². The molecule has 0 aliphatic carbocycles. The van der Waals surface area contributed by atoms with Gasteiger partial charge >= 0.3 is 0 Å². The van der Waals surface area contributed by atoms with Gasteiger partial charge in [-0.1, -0.05) is 0 Å². The molecule has 1 aromatic heterocycles. The van der Waals surface area contributed by atoms with E-state index in [1.54, 1.807) is 0 Å². The molecule has 3 heteroatoms. The zero-order chi connectivity index (χ0) is 10.9. The average Bonchev–Trinajstić information content (AvgIpc) is 2.25. The molecule has 0 amide bonds. The third-order valence-electron chi connectivity index (χ3n) is 2.46. The molecule has 0 radical (unpaired) electrons. The second kappa shape index (κ2) is 7.37. The molecule has 0 spiro atoms. The zero-order valence-corrected chi connectivity index (χ0v) is 9.37. The van der Waals surface area contributed by atoms with Gasteiger partial charge in [0.05, 0.1) is 0 Å². The van der Waals surface area contributed by atoms with Crippen molar-refractivity contribution in [2.24, 2.45) is 0 Å². The number of hydrogen-bond acceptors (Lipinski definition) is 3. The van der Waals surface area contributed by atoms with Gasteiger partial charge in [-0.05, 0) is 49.9 Å². The summed E-state index contributed by atoms with van der Waals surface area (Å²) < 4.78 is 0. The maximum absolute atomic E-state index is 8.61. The smallest absolute Gasteiger partial charge is 0.0431 e. The van der Waals surface area contributed by atoms with Gasteiger partial charge in [-0.3, -0.25) is 4.98 Å². The van der Waals surface area contributed by atoms with Crippen LogP contribution in [0.4, 0.5) is 0 Å². The van der Waals surface area contributed by atoms with Gasteiger partial charge in [-0.15, -0.1) is 0 Å². The normalized spacial score (nSPS) is 10.5. The molecule has 1 rings (SSSR count). The van der Waals surface area contributed by atoms with Crippen molar-refractivity contribution in [1.29, 1.82) is 0 Å². The molecule has 0 bridgehead atoms. The van der Waals surface area contributed by atoms with Crippen LogP contribution in [0.5, 0.6) is 0 Å². The first-order valence-corrected chi connectivity index (χ1v) is 5.55. The van der Waals surface area contributed by atoms with E-state index in [0.717, 1.165) is 32.4 Å². The Morgan fingerprint density at radius 3 is 2.93 bits per heavy atom. The molecular formula is C12H20N2O. The number of rotatable bonds is 7. The summed E-state index contributed by atoms with van der Waals surface area (Å²) in [6.45, 7) is 4.31. The molecule has 2 N–H and O–H groups in total. The van der Waals surface area contributed by atoms with Gasteiger partial charge in [0.15, 0.2) is 0 Å². The second-order valence-electron chi connectivity index (χ2n) is 3.76. The Morgan fingerprint density at radius 2 is 2.20 bits per heavy atom. The van der Waals surface area contributed by atoms with E-state index in [9.17, 15) is 0 Å². The number of pyridine rings is 1. The van der Waals surface area contributed by atoms with E-state index in [2.05, 4.69) is 23.3 Å². The SMILES string of the molecule is Cc1cnccc1CNCCCCCO. The first-order valence-electron chi connectivity index (χ1n) is 5.55. The van der Waals surface area contributed by atoms with Crippen LogP contribution in [-0.4, -0.2) is 23.2 Å². The molecule has 0 saturated carbocycles. The molecule has 0 aliphatic heterocycles. The zero-order valence-electron chi connectivity index (χ0n) is 9.37. The summed E-state index contributed by atoms with van der Waals surface area (Å²) in [7, 11) is 0. The molecule has 15 heavy (non-hydrogen) atoms. The summed E-state index contributed by atoms with van der Waals surface area (Å²) in [5.74, 6) is 0. The largest absolute Gasteiger partial charge is 0.396 e. The van der Waals surface area contributed by atoms with Gasteiger partial charge in [0.1, 0.15) is 0 Å². The van der Waals surface area contributed by atoms with Crippen LogP contribution >= 0.6 is 0 Å². The van der Waals surface area contributed by atoms with Gasteiger partial charge in [0, 0.05) is 25.5 Å². The summed E-state index contributed by atoms with van der Waals surface area (Å²) in [6, 6.07) is 2.05. The van der Waals surface area contributed by atoms with E-state index in [4.69, 9.17) is 5.11 Å². The number of aliphatic hydroxyl groups is 1. The number of aryl methyl sites for hydroxylation is 1. The molecule has 1 aromatic rings. The number of nitrogens with one attached hydrogen (secondary N) is 1. The lowest BCUT2D eigenvalue weighted by molar-refractivity contribution is 0.283. The summed E-state index contributed by atoms with van der Waals surface area (Å²) in [5.41, 5.74) is 2.55. The highest BCUT2D eigenvalue weighted by Gasteiger charge is 1.96. The Morgan fingerprint density at radius 1 is 1.33 bits per heavy atom. The second-order valence-corrected chi connectivity index (χ2v) is 3.76. The Balaban J connectivity index is 2.12. The number of aromatic nitrogens is 1. The molecule has 0 unspecified atom stereocenters. The topological polar surface area (TPSA) is 45.2 Å². The first-order chi connectivity index (χ1) is 7.34. The van der Waals surface area contributed by atoms with Crippen molar-refractivity contribution >= 4 is 0 Å². The van der Waals surface area contributed by atoms with Crippen molar-refractivity contribution in [2.45, 2.75) is 32.7 Å². The number of hydrogen-bond donors (Lipinski definition) is 2. The monoisotopic (exact) mass is 208 g/mol. The van der Waals surface area contributed by atoms with Crippen LogP contribution in [0.3, 0.4) is 0 Å². The standard InChI is InChI=1S/C12H20N2O/c1-11-9-14-7-5-12(11)10-13-6-3-2-4-8-15/h5,7,9,13,15H,2-4,6,8,10H2,1H3. The van der Waals surface area contributed by atoms with Gasteiger partial charge < -0.3 is 10.4 Å². The van der Waals surface area contributed by atoms with Crippen LogP contribution in [0.25, 0.3) is 0 Å². The molecule has 3 nitrogen and oxygen atoms in total. The summed E-state index contributed by atoms with van der Waals surface area (Å²) >= 11 is 0. The van der Waals surface area contributed by atoms with Crippen molar-refractivity contribution in [3.05, 3.63) is 29.6 Å². The third kappa shape index (κ3) is 4.91. The van der Waals surface area contributed by atoms with Crippen molar-refractivity contribution < 1.29 is 5.11 Å². The summed E-state index contributed by atoms with van der Waals surface area (Å²) in [6.07, 6.45) is 6.86. The van der Waals surface area contributed by atoms with Crippen LogP contribution in [0.2, 0.25) is 0 Å². The van der Waals surface area contributed by atoms with Crippen LogP contribution < -0.4 is 5.32 Å². The van der Waals surface area contributed by atoms with E-state index in [0.29, 0.717) is 6.61 Å². The lowest BCUT2D eigenvalue weighted by atomic mass is 10.1. The molecule has 1 heterocycles. The van der Waals surface area contributed by atoms with E-state index < -0.39 is 0 Å². The average molecular weight is 208 g/mol. The minimum atomic E-state index is 0.309. The Labute approximate surface area is 91.5 Å². The van der Waals surface area contributed by atoms with Gasteiger partial charge in [-0.25, -0.2) is 0 Å². The van der Waals surface area contributed by atoms with Crippen molar-refractivity contribution in [3.63, 3.8) is 0 Å². The molecule has 0 fully saturated rings. The summed E-state index contributed by atoms with van der Waals surface area (Å²) in [4.78, 5) is 4.06. The van der Waals surface area contributed by atoms with E-state index >= 15 is 0 Å². The Kier molecular flexibility index (Phi) is 5.97. The molecule has 0 saturated heterocycles. The predicted molar refractivity (Wildman–Crippen MR) is 61.6 cm³/mol. The quantitative estimate of drug-likeness (QED) is 0.670. The summed E-state index contributed by atoms with van der Waals surface area (Å²) in [5, 5.41) is 12.0. The van der Waals surface area contributed by atoms with E-state index in [1.807, 2.05) is 12.4 Å².